The molecule has 0 bridgehead atoms. The van der Waals surface area contributed by atoms with E-state index >= 15 is 0 Å². The molecule has 0 unspecified atom stereocenters. The number of carbonyl (C=O) groups is 1. The van der Waals surface area contributed by atoms with Crippen molar-refractivity contribution in [2.75, 3.05) is 13.2 Å². The third-order valence-corrected chi connectivity index (χ3v) is 4.21. The summed E-state index contributed by atoms with van der Waals surface area (Å²) in [6, 6.07) is 7.15. The second-order valence-corrected chi connectivity index (χ2v) is 6.33. The van der Waals surface area contributed by atoms with Crippen LogP contribution >= 0.6 is 46.4 Å². The van der Waals surface area contributed by atoms with Crippen LogP contribution in [0.1, 0.15) is 16.8 Å². The zero-order valence-electron chi connectivity index (χ0n) is 12.2. The fourth-order valence-corrected chi connectivity index (χ4v) is 2.67. The standard InChI is InChI=1S/C16H12Cl4O4/c17-11-3-2-9(6-12(11)18)16(22)24-5-1-4-23-15-13(19)7-10(21)8-14(15)20/h2-3,6-8,21H,1,4-5H2. The number of esters is 1. The van der Waals surface area contributed by atoms with E-state index < -0.39 is 5.97 Å². The van der Waals surface area contributed by atoms with Crippen LogP contribution in [0.3, 0.4) is 0 Å². The van der Waals surface area contributed by atoms with Crippen LogP contribution in [0.5, 0.6) is 11.5 Å². The van der Waals surface area contributed by atoms with Gasteiger partial charge in [0.1, 0.15) is 5.75 Å². The average Bonchev–Trinajstić information content (AvgIpc) is 2.51. The molecule has 128 valence electrons. The van der Waals surface area contributed by atoms with Gasteiger partial charge in [-0.3, -0.25) is 0 Å². The van der Waals surface area contributed by atoms with Crippen LogP contribution in [0.25, 0.3) is 0 Å². The zero-order valence-corrected chi connectivity index (χ0v) is 15.2. The summed E-state index contributed by atoms with van der Waals surface area (Å²) in [4.78, 5) is 11.9. The lowest BCUT2D eigenvalue weighted by atomic mass is 10.2. The van der Waals surface area contributed by atoms with Crippen LogP contribution < -0.4 is 4.74 Å². The maximum atomic E-state index is 11.9. The summed E-state index contributed by atoms with van der Waals surface area (Å²) >= 11 is 23.5. The summed E-state index contributed by atoms with van der Waals surface area (Å²) < 4.78 is 10.6. The Labute approximate surface area is 158 Å². The lowest BCUT2D eigenvalue weighted by Crippen LogP contribution is -2.09. The molecule has 0 aromatic heterocycles. The van der Waals surface area contributed by atoms with Gasteiger partial charge in [-0.2, -0.15) is 0 Å². The van der Waals surface area contributed by atoms with Gasteiger partial charge in [-0.15, -0.1) is 0 Å². The van der Waals surface area contributed by atoms with Crippen molar-refractivity contribution in [3.05, 3.63) is 56.0 Å². The average molecular weight is 410 g/mol. The Balaban J connectivity index is 1.79. The van der Waals surface area contributed by atoms with Crippen LogP contribution in [0.15, 0.2) is 30.3 Å². The summed E-state index contributed by atoms with van der Waals surface area (Å²) in [7, 11) is 0. The van der Waals surface area contributed by atoms with E-state index in [1.807, 2.05) is 0 Å². The Morgan fingerprint density at radius 1 is 0.917 bits per heavy atom. The van der Waals surface area contributed by atoms with Crippen LogP contribution in [0, 0.1) is 0 Å². The highest BCUT2D eigenvalue weighted by molar-refractivity contribution is 6.42. The molecule has 0 amide bonds. The summed E-state index contributed by atoms with van der Waals surface area (Å²) in [5.74, 6) is -0.283. The minimum Gasteiger partial charge on any atom is -0.508 e. The molecule has 0 aliphatic heterocycles. The van der Waals surface area contributed by atoms with E-state index in [0.717, 1.165) is 0 Å². The van der Waals surface area contributed by atoms with E-state index in [-0.39, 0.29) is 39.8 Å². The normalized spacial score (nSPS) is 10.5. The predicted octanol–water partition coefficient (Wildman–Crippen LogP) is 5.63. The van der Waals surface area contributed by atoms with Gasteiger partial charge in [0.05, 0.1) is 38.9 Å². The van der Waals surface area contributed by atoms with Crippen molar-refractivity contribution < 1.29 is 19.4 Å². The fourth-order valence-electron chi connectivity index (χ4n) is 1.79. The number of halogens is 4. The molecule has 2 aromatic rings. The van der Waals surface area contributed by atoms with E-state index in [4.69, 9.17) is 55.9 Å². The first kappa shape index (κ1) is 19.0. The highest BCUT2D eigenvalue weighted by Gasteiger charge is 2.11. The number of phenolic OH excluding ortho intramolecular Hbond substituents is 1. The first-order valence-corrected chi connectivity index (χ1v) is 8.32. The molecular formula is C16H12Cl4O4. The van der Waals surface area contributed by atoms with E-state index in [9.17, 15) is 9.90 Å². The van der Waals surface area contributed by atoms with Crippen molar-refractivity contribution in [1.82, 2.24) is 0 Å². The molecule has 8 heteroatoms. The molecule has 0 saturated heterocycles. The SMILES string of the molecule is O=C(OCCCOc1c(Cl)cc(O)cc1Cl)c1ccc(Cl)c(Cl)c1. The minimum atomic E-state index is -0.505. The first-order valence-electron chi connectivity index (χ1n) is 6.81. The molecule has 0 saturated carbocycles. The molecule has 0 spiro atoms. The van der Waals surface area contributed by atoms with Crippen LogP contribution in [-0.4, -0.2) is 24.3 Å². The molecule has 0 aliphatic carbocycles. The summed E-state index contributed by atoms with van der Waals surface area (Å²) in [6.07, 6.45) is 0.431. The molecule has 24 heavy (non-hydrogen) atoms. The van der Waals surface area contributed by atoms with Gasteiger partial charge in [-0.1, -0.05) is 46.4 Å². The lowest BCUT2D eigenvalue weighted by molar-refractivity contribution is 0.0486. The molecule has 0 aliphatic rings. The Hall–Kier alpha value is -1.33. The minimum absolute atomic E-state index is 0.0482. The van der Waals surface area contributed by atoms with Crippen molar-refractivity contribution in [1.29, 1.82) is 0 Å². The van der Waals surface area contributed by atoms with Gasteiger partial charge in [0.15, 0.2) is 5.75 Å². The van der Waals surface area contributed by atoms with Gasteiger partial charge in [0.2, 0.25) is 0 Å². The van der Waals surface area contributed by atoms with Crippen LogP contribution in [0.2, 0.25) is 20.1 Å². The molecule has 0 radical (unpaired) electrons. The number of hydrogen-bond acceptors (Lipinski definition) is 4. The summed E-state index contributed by atoms with van der Waals surface area (Å²) in [6.45, 7) is 0.380. The van der Waals surface area contributed by atoms with Crippen LogP contribution in [0.4, 0.5) is 0 Å². The number of carbonyl (C=O) groups excluding carboxylic acids is 1. The monoisotopic (exact) mass is 408 g/mol. The molecule has 4 nitrogen and oxygen atoms in total. The van der Waals surface area contributed by atoms with Crippen molar-refractivity contribution in [3.8, 4) is 11.5 Å². The van der Waals surface area contributed by atoms with E-state index in [1.165, 1.54) is 30.3 Å². The Morgan fingerprint density at radius 3 is 2.21 bits per heavy atom. The maximum absolute atomic E-state index is 11.9. The van der Waals surface area contributed by atoms with Gasteiger partial charge in [-0.05, 0) is 18.2 Å². The van der Waals surface area contributed by atoms with E-state index in [1.54, 1.807) is 0 Å². The number of rotatable bonds is 6. The molecule has 0 fully saturated rings. The van der Waals surface area contributed by atoms with Crippen LogP contribution in [-0.2, 0) is 4.74 Å². The molecule has 2 rings (SSSR count). The summed E-state index contributed by atoms with van der Waals surface area (Å²) in [5.41, 5.74) is 0.315. The van der Waals surface area contributed by atoms with Gasteiger partial charge >= 0.3 is 5.97 Å². The highest BCUT2D eigenvalue weighted by Crippen LogP contribution is 2.36. The molecular weight excluding hydrogens is 398 g/mol. The maximum Gasteiger partial charge on any atom is 0.338 e. The van der Waals surface area contributed by atoms with Crippen molar-refractivity contribution in [2.24, 2.45) is 0 Å². The van der Waals surface area contributed by atoms with Gasteiger partial charge in [0.25, 0.3) is 0 Å². The molecule has 0 atom stereocenters. The molecule has 2 aromatic carbocycles. The van der Waals surface area contributed by atoms with Gasteiger partial charge in [0, 0.05) is 18.6 Å². The van der Waals surface area contributed by atoms with Gasteiger partial charge < -0.3 is 14.6 Å². The van der Waals surface area contributed by atoms with Crippen molar-refractivity contribution in [2.45, 2.75) is 6.42 Å². The lowest BCUT2D eigenvalue weighted by Gasteiger charge is -2.10. The number of benzene rings is 2. The second-order valence-electron chi connectivity index (χ2n) is 4.71. The third kappa shape index (κ3) is 5.08. The van der Waals surface area contributed by atoms with Crippen molar-refractivity contribution >= 4 is 52.4 Å². The molecule has 1 N–H and O–H groups in total. The van der Waals surface area contributed by atoms with E-state index in [2.05, 4.69) is 0 Å². The quantitative estimate of drug-likeness (QED) is 0.496. The summed E-state index contributed by atoms with van der Waals surface area (Å²) in [5, 5.41) is 10.4. The third-order valence-electron chi connectivity index (χ3n) is 2.91. The number of phenols is 1. The van der Waals surface area contributed by atoms with E-state index in [0.29, 0.717) is 17.0 Å². The van der Waals surface area contributed by atoms with Gasteiger partial charge in [-0.25, -0.2) is 4.79 Å². The zero-order chi connectivity index (χ0) is 17.7. The first-order chi connectivity index (χ1) is 11.4. The Morgan fingerprint density at radius 2 is 1.58 bits per heavy atom. The Kier molecular flexibility index (Phi) is 6.87. The topological polar surface area (TPSA) is 55.8 Å². The predicted molar refractivity (Wildman–Crippen MR) is 95.0 cm³/mol. The smallest absolute Gasteiger partial charge is 0.338 e. The number of hydrogen-bond donors (Lipinski definition) is 1. The number of aromatic hydroxyl groups is 1. The second kappa shape index (κ2) is 8.67. The Bertz CT molecular complexity index is 726. The largest absolute Gasteiger partial charge is 0.508 e. The fraction of sp³-hybridized carbons (Fsp3) is 0.188. The molecule has 0 heterocycles. The highest BCUT2D eigenvalue weighted by atomic mass is 35.5. The van der Waals surface area contributed by atoms with Crippen molar-refractivity contribution in [3.63, 3.8) is 0 Å². The number of ether oxygens (including phenoxy) is 2.